The first-order chi connectivity index (χ1) is 14.0. The number of hydrogen-bond donors (Lipinski definition) is 2. The van der Waals surface area contributed by atoms with E-state index in [1.807, 2.05) is 26.8 Å². The van der Waals surface area contributed by atoms with Crippen LogP contribution in [0.5, 0.6) is 11.5 Å². The van der Waals surface area contributed by atoms with Crippen LogP contribution in [0.2, 0.25) is 0 Å². The van der Waals surface area contributed by atoms with E-state index in [0.717, 1.165) is 6.42 Å². The van der Waals surface area contributed by atoms with Crippen molar-refractivity contribution in [1.29, 1.82) is 0 Å². The predicted octanol–water partition coefficient (Wildman–Crippen LogP) is 4.63. The minimum Gasteiger partial charge on any atom is -0.423 e. The molecule has 0 saturated carbocycles. The number of ether oxygens (including phenoxy) is 2. The number of benzene rings is 2. The number of nitrogens with one attached hydrogen (secondary N) is 1. The molecule has 0 radical (unpaired) electrons. The SMILES string of the molecule is CC(=O)Oc1ccc(C(O)CNC(C)(C)C)cc1OC(C)=O.CCc1ccccc1.Cl. The lowest BCUT2D eigenvalue weighted by Crippen LogP contribution is -2.38. The Morgan fingerprint density at radius 3 is 1.97 bits per heavy atom. The lowest BCUT2D eigenvalue weighted by atomic mass is 10.1. The van der Waals surface area contributed by atoms with E-state index in [0.29, 0.717) is 12.1 Å². The highest BCUT2D eigenvalue weighted by Crippen LogP contribution is 2.31. The lowest BCUT2D eigenvalue weighted by molar-refractivity contribution is -0.134. The van der Waals surface area contributed by atoms with Crippen LogP contribution >= 0.6 is 12.4 Å². The van der Waals surface area contributed by atoms with Gasteiger partial charge in [-0.25, -0.2) is 0 Å². The second-order valence-electron chi connectivity index (χ2n) is 7.88. The Bertz CT molecular complexity index is 818. The fourth-order valence-electron chi connectivity index (χ4n) is 2.44. The molecule has 0 fully saturated rings. The summed E-state index contributed by atoms with van der Waals surface area (Å²) in [5, 5.41) is 13.4. The fourth-order valence-corrected chi connectivity index (χ4v) is 2.44. The Morgan fingerprint density at radius 2 is 1.52 bits per heavy atom. The molecule has 0 bridgehead atoms. The van der Waals surface area contributed by atoms with Gasteiger partial charge in [0.25, 0.3) is 0 Å². The normalized spacial score (nSPS) is 11.3. The van der Waals surface area contributed by atoms with Crippen molar-refractivity contribution in [1.82, 2.24) is 5.32 Å². The third-order valence-corrected chi connectivity index (χ3v) is 3.94. The van der Waals surface area contributed by atoms with Crippen molar-refractivity contribution >= 4 is 24.3 Å². The summed E-state index contributed by atoms with van der Waals surface area (Å²) < 4.78 is 10.0. The van der Waals surface area contributed by atoms with Crippen LogP contribution in [0.3, 0.4) is 0 Å². The summed E-state index contributed by atoms with van der Waals surface area (Å²) in [4.78, 5) is 22.2. The first-order valence-electron chi connectivity index (χ1n) is 9.99. The van der Waals surface area contributed by atoms with E-state index < -0.39 is 18.0 Å². The maximum absolute atomic E-state index is 11.2. The Morgan fingerprint density at radius 1 is 0.968 bits per heavy atom. The van der Waals surface area contributed by atoms with Crippen molar-refractivity contribution in [3.05, 3.63) is 59.7 Å². The van der Waals surface area contributed by atoms with Crippen molar-refractivity contribution in [2.75, 3.05) is 6.54 Å². The quantitative estimate of drug-likeness (QED) is 0.492. The van der Waals surface area contributed by atoms with Crippen LogP contribution in [-0.2, 0) is 16.0 Å². The second-order valence-corrected chi connectivity index (χ2v) is 7.88. The number of aryl methyl sites for hydroxylation is 1. The minimum atomic E-state index is -0.778. The highest BCUT2D eigenvalue weighted by Gasteiger charge is 2.17. The number of hydrogen-bond acceptors (Lipinski definition) is 6. The largest absolute Gasteiger partial charge is 0.423 e. The van der Waals surface area contributed by atoms with Crippen LogP contribution in [0.15, 0.2) is 48.5 Å². The topological polar surface area (TPSA) is 84.9 Å². The number of carbonyl (C=O) groups is 2. The number of aliphatic hydroxyl groups excluding tert-OH is 1. The van der Waals surface area contributed by atoms with E-state index in [2.05, 4.69) is 36.5 Å². The Kier molecular flexibility index (Phi) is 12.7. The van der Waals surface area contributed by atoms with Gasteiger partial charge in [-0.2, -0.15) is 0 Å². The van der Waals surface area contributed by atoms with Crippen molar-refractivity contribution < 1.29 is 24.2 Å². The molecular formula is C24H34ClNO5. The van der Waals surface area contributed by atoms with Gasteiger partial charge in [0.2, 0.25) is 0 Å². The van der Waals surface area contributed by atoms with Gasteiger partial charge in [0.1, 0.15) is 0 Å². The zero-order valence-corrected chi connectivity index (χ0v) is 19.9. The Balaban J connectivity index is 0.000000838. The van der Waals surface area contributed by atoms with Crippen LogP contribution in [-0.4, -0.2) is 29.1 Å². The highest BCUT2D eigenvalue weighted by atomic mass is 35.5. The molecule has 0 heterocycles. The second kappa shape index (κ2) is 13.8. The van der Waals surface area contributed by atoms with E-state index >= 15 is 0 Å². The van der Waals surface area contributed by atoms with Gasteiger partial charge in [0, 0.05) is 25.9 Å². The summed E-state index contributed by atoms with van der Waals surface area (Å²) in [6.45, 7) is 11.0. The zero-order valence-electron chi connectivity index (χ0n) is 19.1. The molecule has 0 aliphatic carbocycles. The average Bonchev–Trinajstić information content (AvgIpc) is 2.67. The molecule has 0 amide bonds. The van der Waals surface area contributed by atoms with Gasteiger partial charge in [-0.05, 0) is 50.5 Å². The van der Waals surface area contributed by atoms with E-state index in [4.69, 9.17) is 9.47 Å². The first-order valence-corrected chi connectivity index (χ1v) is 9.99. The maximum atomic E-state index is 11.2. The van der Waals surface area contributed by atoms with Gasteiger partial charge in [-0.15, -0.1) is 12.4 Å². The summed E-state index contributed by atoms with van der Waals surface area (Å²) in [5.74, 6) is -0.804. The highest BCUT2D eigenvalue weighted by molar-refractivity contribution is 5.85. The molecule has 1 atom stereocenters. The molecule has 0 aromatic heterocycles. The molecule has 0 saturated heterocycles. The van der Waals surface area contributed by atoms with E-state index in [1.54, 1.807) is 6.07 Å². The fraction of sp³-hybridized carbons (Fsp3) is 0.417. The van der Waals surface area contributed by atoms with E-state index in [-0.39, 0.29) is 29.4 Å². The third-order valence-electron chi connectivity index (χ3n) is 3.94. The predicted molar refractivity (Wildman–Crippen MR) is 125 cm³/mol. The van der Waals surface area contributed by atoms with Gasteiger partial charge in [0.15, 0.2) is 11.5 Å². The Labute approximate surface area is 191 Å². The average molecular weight is 452 g/mol. The summed E-state index contributed by atoms with van der Waals surface area (Å²) in [6, 6.07) is 15.1. The molecule has 31 heavy (non-hydrogen) atoms. The summed E-state index contributed by atoms with van der Waals surface area (Å²) in [5.41, 5.74) is 1.84. The van der Waals surface area contributed by atoms with Crippen LogP contribution in [0.1, 0.15) is 58.8 Å². The lowest BCUT2D eigenvalue weighted by Gasteiger charge is -2.23. The van der Waals surface area contributed by atoms with Gasteiger partial charge < -0.3 is 19.9 Å². The molecule has 0 spiro atoms. The van der Waals surface area contributed by atoms with Gasteiger partial charge in [-0.1, -0.05) is 43.3 Å². The molecule has 6 nitrogen and oxygen atoms in total. The monoisotopic (exact) mass is 451 g/mol. The van der Waals surface area contributed by atoms with E-state index in [1.165, 1.54) is 31.5 Å². The molecule has 1 unspecified atom stereocenters. The molecule has 2 rings (SSSR count). The van der Waals surface area contributed by atoms with Gasteiger partial charge in [0.05, 0.1) is 6.10 Å². The number of carbonyl (C=O) groups excluding carboxylic acids is 2. The van der Waals surface area contributed by atoms with Crippen molar-refractivity contribution in [3.63, 3.8) is 0 Å². The van der Waals surface area contributed by atoms with Gasteiger partial charge >= 0.3 is 11.9 Å². The van der Waals surface area contributed by atoms with Crippen LogP contribution in [0.25, 0.3) is 0 Å². The maximum Gasteiger partial charge on any atom is 0.308 e. The summed E-state index contributed by atoms with van der Waals surface area (Å²) in [6.07, 6.45) is 0.362. The number of esters is 2. The smallest absolute Gasteiger partial charge is 0.308 e. The molecule has 2 aromatic carbocycles. The third kappa shape index (κ3) is 12.1. The van der Waals surface area contributed by atoms with Crippen molar-refractivity contribution in [2.24, 2.45) is 0 Å². The molecular weight excluding hydrogens is 418 g/mol. The summed E-state index contributed by atoms with van der Waals surface area (Å²) in [7, 11) is 0. The molecule has 0 aliphatic heterocycles. The standard InChI is InChI=1S/C16H23NO5.C8H10.ClH/c1-10(18)21-14-7-6-12(8-15(14)22-11(2)19)13(20)9-17-16(3,4)5;1-2-8-6-4-3-5-7-8;/h6-8,13,17,20H,9H2,1-5H3;3-7H,2H2,1H3;1H. The van der Waals surface area contributed by atoms with Crippen LogP contribution < -0.4 is 14.8 Å². The van der Waals surface area contributed by atoms with Crippen molar-refractivity contribution in [3.8, 4) is 11.5 Å². The van der Waals surface area contributed by atoms with E-state index in [9.17, 15) is 14.7 Å². The number of halogens is 1. The van der Waals surface area contributed by atoms with Gasteiger partial charge in [-0.3, -0.25) is 9.59 Å². The summed E-state index contributed by atoms with van der Waals surface area (Å²) >= 11 is 0. The van der Waals surface area contributed by atoms with Crippen LogP contribution in [0.4, 0.5) is 0 Å². The Hall–Kier alpha value is -2.41. The molecule has 2 aromatic rings. The number of β-amino-alcohol motifs (C(OH)–C–C–N with tert-alkyl or cyclic N) is 1. The van der Waals surface area contributed by atoms with Crippen LogP contribution in [0, 0.1) is 0 Å². The molecule has 2 N–H and O–H groups in total. The number of aliphatic hydroxyl groups is 1. The number of rotatable bonds is 6. The first kappa shape index (κ1) is 28.6. The molecule has 0 aliphatic rings. The van der Waals surface area contributed by atoms with Crippen molar-refractivity contribution in [2.45, 2.75) is 59.6 Å². The zero-order chi connectivity index (χ0) is 22.7. The molecule has 7 heteroatoms. The minimum absolute atomic E-state index is 0. The molecule has 172 valence electrons.